The second kappa shape index (κ2) is 5.60. The molecule has 0 bridgehead atoms. The van der Waals surface area contributed by atoms with Crippen LogP contribution in [0.1, 0.15) is 19.8 Å². The van der Waals surface area contributed by atoms with E-state index in [1.807, 2.05) is 0 Å². The maximum atomic E-state index is 5.84. The van der Waals surface area contributed by atoms with Crippen molar-refractivity contribution < 1.29 is 0 Å². The lowest BCUT2D eigenvalue weighted by atomic mass is 10.0. The summed E-state index contributed by atoms with van der Waals surface area (Å²) in [6, 6.07) is 0. The number of rotatable bonds is 3. The normalized spacial score (nSPS) is 26.7. The number of likely N-dealkylation sites (tertiary alicyclic amines) is 1. The number of nitrogens with zero attached hydrogens (tertiary/aromatic N) is 1. The molecule has 1 heterocycles. The van der Waals surface area contributed by atoms with Crippen LogP contribution in [0.3, 0.4) is 0 Å². The highest BCUT2D eigenvalue weighted by atomic mass is 35.5. The topological polar surface area (TPSA) is 3.24 Å². The van der Waals surface area contributed by atoms with Crippen LogP contribution in [0.4, 0.5) is 0 Å². The van der Waals surface area contributed by atoms with E-state index in [-0.39, 0.29) is 0 Å². The van der Waals surface area contributed by atoms with E-state index in [9.17, 15) is 0 Å². The molecule has 0 aliphatic carbocycles. The summed E-state index contributed by atoms with van der Waals surface area (Å²) in [5.41, 5.74) is 0. The molecule has 70 valence electrons. The van der Waals surface area contributed by atoms with Gasteiger partial charge < -0.3 is 0 Å². The molecule has 1 aliphatic heterocycles. The minimum Gasteiger partial charge on any atom is -0.299 e. The predicted octanol–water partition coefficient (Wildman–Crippen LogP) is 2.51. The standard InChI is InChI=1S/C10H18ClN/c1-2-3-6-12-7-4-5-10(8-11)9-12/h2-3,10H,4-9H2,1H3/b3-2+. The maximum absolute atomic E-state index is 5.84. The van der Waals surface area contributed by atoms with Crippen LogP contribution in [0.5, 0.6) is 0 Å². The quantitative estimate of drug-likeness (QED) is 0.485. The van der Waals surface area contributed by atoms with E-state index in [0.717, 1.165) is 18.3 Å². The monoisotopic (exact) mass is 187 g/mol. The van der Waals surface area contributed by atoms with Gasteiger partial charge in [0.15, 0.2) is 0 Å². The average Bonchev–Trinajstić information content (AvgIpc) is 2.15. The highest BCUT2D eigenvalue weighted by Crippen LogP contribution is 2.17. The Labute approximate surface area is 80.4 Å². The first-order valence-corrected chi connectivity index (χ1v) is 5.29. The van der Waals surface area contributed by atoms with Gasteiger partial charge in [-0.2, -0.15) is 0 Å². The first-order chi connectivity index (χ1) is 5.86. The van der Waals surface area contributed by atoms with Crippen LogP contribution >= 0.6 is 11.6 Å². The number of hydrogen-bond donors (Lipinski definition) is 0. The maximum Gasteiger partial charge on any atom is 0.0263 e. The third-order valence-corrected chi connectivity index (χ3v) is 2.86. The molecule has 0 N–H and O–H groups in total. The van der Waals surface area contributed by atoms with Crippen molar-refractivity contribution in [2.24, 2.45) is 5.92 Å². The van der Waals surface area contributed by atoms with Crippen LogP contribution in [0.25, 0.3) is 0 Å². The van der Waals surface area contributed by atoms with Gasteiger partial charge in [-0.1, -0.05) is 12.2 Å². The molecule has 0 aromatic carbocycles. The Morgan fingerprint density at radius 2 is 2.42 bits per heavy atom. The summed E-state index contributed by atoms with van der Waals surface area (Å²) in [5, 5.41) is 0. The molecule has 1 unspecified atom stereocenters. The summed E-state index contributed by atoms with van der Waals surface area (Å²) >= 11 is 5.84. The van der Waals surface area contributed by atoms with Gasteiger partial charge in [0.25, 0.3) is 0 Å². The van der Waals surface area contributed by atoms with Gasteiger partial charge in [0.2, 0.25) is 0 Å². The molecule has 1 rings (SSSR count). The smallest absolute Gasteiger partial charge is 0.0263 e. The number of halogens is 1. The van der Waals surface area contributed by atoms with Gasteiger partial charge in [0, 0.05) is 19.0 Å². The molecule has 1 aliphatic rings. The minimum atomic E-state index is 0.727. The number of piperidine rings is 1. The fraction of sp³-hybridized carbons (Fsp3) is 0.800. The lowest BCUT2D eigenvalue weighted by Gasteiger charge is -2.30. The van der Waals surface area contributed by atoms with E-state index < -0.39 is 0 Å². The van der Waals surface area contributed by atoms with Crippen molar-refractivity contribution in [2.45, 2.75) is 19.8 Å². The number of hydrogen-bond acceptors (Lipinski definition) is 1. The molecule has 0 saturated carbocycles. The first-order valence-electron chi connectivity index (χ1n) is 4.76. The fourth-order valence-electron chi connectivity index (χ4n) is 1.70. The van der Waals surface area contributed by atoms with Gasteiger partial charge in [-0.3, -0.25) is 4.90 Å². The van der Waals surface area contributed by atoms with Crippen molar-refractivity contribution >= 4 is 11.6 Å². The van der Waals surface area contributed by atoms with E-state index in [4.69, 9.17) is 11.6 Å². The second-order valence-corrected chi connectivity index (χ2v) is 3.80. The number of alkyl halides is 1. The Balaban J connectivity index is 2.25. The highest BCUT2D eigenvalue weighted by Gasteiger charge is 2.17. The molecular formula is C10H18ClN. The van der Waals surface area contributed by atoms with Gasteiger partial charge in [0.05, 0.1) is 0 Å². The molecule has 2 heteroatoms. The zero-order valence-electron chi connectivity index (χ0n) is 7.80. The Hall–Kier alpha value is -0.0100. The lowest BCUT2D eigenvalue weighted by Crippen LogP contribution is -2.36. The molecule has 0 radical (unpaired) electrons. The van der Waals surface area contributed by atoms with Crippen molar-refractivity contribution in [1.82, 2.24) is 4.90 Å². The molecule has 0 aromatic heterocycles. The third-order valence-electron chi connectivity index (χ3n) is 2.42. The lowest BCUT2D eigenvalue weighted by molar-refractivity contribution is 0.203. The summed E-state index contributed by atoms with van der Waals surface area (Å²) in [4.78, 5) is 2.48. The van der Waals surface area contributed by atoms with Gasteiger partial charge in [-0.15, -0.1) is 11.6 Å². The van der Waals surface area contributed by atoms with Gasteiger partial charge >= 0.3 is 0 Å². The van der Waals surface area contributed by atoms with Crippen LogP contribution in [0, 0.1) is 5.92 Å². The van der Waals surface area contributed by atoms with Gasteiger partial charge in [-0.25, -0.2) is 0 Å². The van der Waals surface area contributed by atoms with E-state index >= 15 is 0 Å². The van der Waals surface area contributed by atoms with E-state index in [1.54, 1.807) is 0 Å². The first kappa shape index (κ1) is 10.1. The second-order valence-electron chi connectivity index (χ2n) is 3.49. The van der Waals surface area contributed by atoms with Crippen LogP contribution < -0.4 is 0 Å². The molecule has 0 amide bonds. The van der Waals surface area contributed by atoms with E-state index in [2.05, 4.69) is 24.0 Å². The van der Waals surface area contributed by atoms with Crippen molar-refractivity contribution in [3.63, 3.8) is 0 Å². The van der Waals surface area contributed by atoms with E-state index in [1.165, 1.54) is 25.9 Å². The highest BCUT2D eigenvalue weighted by molar-refractivity contribution is 6.18. The Morgan fingerprint density at radius 3 is 3.08 bits per heavy atom. The molecule has 1 atom stereocenters. The van der Waals surface area contributed by atoms with Crippen molar-refractivity contribution in [3.05, 3.63) is 12.2 Å². The molecule has 0 aromatic rings. The summed E-state index contributed by atoms with van der Waals surface area (Å²) in [7, 11) is 0. The minimum absolute atomic E-state index is 0.727. The van der Waals surface area contributed by atoms with Crippen molar-refractivity contribution in [3.8, 4) is 0 Å². The molecule has 0 spiro atoms. The summed E-state index contributed by atoms with van der Waals surface area (Å²) < 4.78 is 0. The SMILES string of the molecule is C/C=C/CN1CCCC(CCl)C1. The molecule has 1 fully saturated rings. The summed E-state index contributed by atoms with van der Waals surface area (Å²) in [6.07, 6.45) is 6.96. The van der Waals surface area contributed by atoms with Crippen LogP contribution in [0.2, 0.25) is 0 Å². The van der Waals surface area contributed by atoms with Crippen molar-refractivity contribution in [1.29, 1.82) is 0 Å². The van der Waals surface area contributed by atoms with Gasteiger partial charge in [0.1, 0.15) is 0 Å². The summed E-state index contributed by atoms with van der Waals surface area (Å²) in [5.74, 6) is 1.55. The van der Waals surface area contributed by atoms with Gasteiger partial charge in [-0.05, 0) is 32.2 Å². The van der Waals surface area contributed by atoms with Crippen molar-refractivity contribution in [2.75, 3.05) is 25.5 Å². The predicted molar refractivity (Wildman–Crippen MR) is 54.7 cm³/mol. The van der Waals surface area contributed by atoms with Crippen LogP contribution in [-0.2, 0) is 0 Å². The third kappa shape index (κ3) is 3.16. The van der Waals surface area contributed by atoms with E-state index in [0.29, 0.717) is 0 Å². The zero-order chi connectivity index (χ0) is 8.81. The largest absolute Gasteiger partial charge is 0.299 e. The zero-order valence-corrected chi connectivity index (χ0v) is 8.56. The van der Waals surface area contributed by atoms with Crippen LogP contribution in [0.15, 0.2) is 12.2 Å². The number of allylic oxidation sites excluding steroid dienone is 1. The Bertz CT molecular complexity index is 145. The fourth-order valence-corrected chi connectivity index (χ4v) is 1.95. The average molecular weight is 188 g/mol. The summed E-state index contributed by atoms with van der Waals surface area (Å²) in [6.45, 7) is 5.61. The Kier molecular flexibility index (Phi) is 4.70. The molecule has 1 saturated heterocycles. The Morgan fingerprint density at radius 1 is 1.58 bits per heavy atom. The molecule has 12 heavy (non-hydrogen) atoms. The van der Waals surface area contributed by atoms with Crippen LogP contribution in [-0.4, -0.2) is 30.4 Å². The molecule has 1 nitrogen and oxygen atoms in total. The molecular weight excluding hydrogens is 170 g/mol.